The van der Waals surface area contributed by atoms with Gasteiger partial charge in [0.1, 0.15) is 17.3 Å². The molecule has 0 aromatic heterocycles. The Morgan fingerprint density at radius 3 is 2.43 bits per heavy atom. The second-order valence-electron chi connectivity index (χ2n) is 8.55. The minimum Gasteiger partial charge on any atom is -0.370 e. The predicted octanol–water partition coefficient (Wildman–Crippen LogP) is 3.17. The van der Waals surface area contributed by atoms with Crippen molar-refractivity contribution in [1.82, 2.24) is 14.5 Å². The van der Waals surface area contributed by atoms with E-state index in [4.69, 9.17) is 27.9 Å². The molecule has 0 atom stereocenters. The molecule has 1 N–H and O–H groups in total. The number of likely N-dealkylation sites (N-methyl/N-ethyl adjacent to an activating group) is 1. The molecular weight excluding hydrogens is 511 g/mol. The summed E-state index contributed by atoms with van der Waals surface area (Å²) in [5.74, 6) is 0.708. The molecule has 1 aliphatic heterocycles. The Kier molecular flexibility index (Phi) is 8.34. The number of aliphatic imine (C=N–C) groups is 1. The van der Waals surface area contributed by atoms with E-state index < -0.39 is 10.0 Å². The van der Waals surface area contributed by atoms with E-state index in [0.29, 0.717) is 6.54 Å². The van der Waals surface area contributed by atoms with Crippen molar-refractivity contribution in [1.29, 1.82) is 0 Å². The van der Waals surface area contributed by atoms with Gasteiger partial charge in [-0.05, 0) is 30.5 Å². The fraction of sp³-hybridized carbons (Fsp3) is 0.417. The topological polar surface area (TPSA) is 91.3 Å². The highest BCUT2D eigenvalue weighted by Gasteiger charge is 2.39. The Balaban J connectivity index is 1.27. The van der Waals surface area contributed by atoms with Gasteiger partial charge in [-0.2, -0.15) is 4.31 Å². The number of amides is 1. The normalized spacial score (nSPS) is 15.7. The van der Waals surface area contributed by atoms with E-state index in [1.807, 2.05) is 24.3 Å². The molecule has 1 fully saturated rings. The monoisotopic (exact) mass is 538 g/mol. The first-order chi connectivity index (χ1) is 16.8. The summed E-state index contributed by atoms with van der Waals surface area (Å²) in [6.07, 6.45) is 1.54. The van der Waals surface area contributed by atoms with Crippen LogP contribution in [0, 0.1) is 0 Å². The third-order valence-corrected chi connectivity index (χ3v) is 8.78. The average Bonchev–Trinajstić information content (AvgIpc) is 3.50. The molecule has 35 heavy (non-hydrogen) atoms. The highest BCUT2D eigenvalue weighted by molar-refractivity contribution is 7.89. The molecule has 1 saturated carbocycles. The van der Waals surface area contributed by atoms with Gasteiger partial charge in [0.15, 0.2) is 0 Å². The number of rotatable bonds is 11. The molecule has 0 bridgehead atoms. The van der Waals surface area contributed by atoms with Crippen molar-refractivity contribution in [2.45, 2.75) is 30.3 Å². The molecular formula is C24H28Cl2N4O4S. The Morgan fingerprint density at radius 1 is 1.14 bits per heavy atom. The lowest BCUT2D eigenvalue weighted by atomic mass is 10.1. The number of benzene rings is 2. The smallest absolute Gasteiger partial charge is 0.248 e. The zero-order valence-electron chi connectivity index (χ0n) is 19.4. The SMILES string of the molecule is CN(Cc1ccc(C2=NCCN2)cc1)C(=O)COCCN(C1CC1)S(=O)(=O)c1c(Cl)cccc1Cl. The van der Waals surface area contributed by atoms with E-state index in [9.17, 15) is 13.2 Å². The first-order valence-electron chi connectivity index (χ1n) is 11.4. The zero-order valence-corrected chi connectivity index (χ0v) is 21.7. The molecule has 2 aromatic carbocycles. The first kappa shape index (κ1) is 25.9. The molecule has 0 spiro atoms. The molecule has 1 heterocycles. The molecule has 8 nitrogen and oxygen atoms in total. The molecule has 1 aliphatic carbocycles. The van der Waals surface area contributed by atoms with Gasteiger partial charge in [0.05, 0.1) is 23.2 Å². The highest BCUT2D eigenvalue weighted by atomic mass is 35.5. The van der Waals surface area contributed by atoms with Crippen LogP contribution in [-0.4, -0.2) is 75.3 Å². The molecule has 4 rings (SSSR count). The van der Waals surface area contributed by atoms with Crippen molar-refractivity contribution in [3.05, 3.63) is 63.6 Å². The minimum atomic E-state index is -3.89. The third-order valence-electron chi connectivity index (χ3n) is 5.87. The number of hydrogen-bond donors (Lipinski definition) is 1. The van der Waals surface area contributed by atoms with Gasteiger partial charge in [0.25, 0.3) is 0 Å². The van der Waals surface area contributed by atoms with Gasteiger partial charge < -0.3 is 15.0 Å². The molecule has 2 aromatic rings. The zero-order chi connectivity index (χ0) is 25.0. The number of sulfonamides is 1. The lowest BCUT2D eigenvalue weighted by Gasteiger charge is -2.23. The highest BCUT2D eigenvalue weighted by Crippen LogP contribution is 2.37. The van der Waals surface area contributed by atoms with Gasteiger partial charge in [0, 0.05) is 38.3 Å². The number of carbonyl (C=O) groups excluding carboxylic acids is 1. The van der Waals surface area contributed by atoms with Crippen LogP contribution in [0.2, 0.25) is 10.0 Å². The maximum Gasteiger partial charge on any atom is 0.248 e. The van der Waals surface area contributed by atoms with E-state index in [2.05, 4.69) is 10.3 Å². The summed E-state index contributed by atoms with van der Waals surface area (Å²) in [6, 6.07) is 12.4. The molecule has 1 amide bonds. The Hall–Kier alpha value is -2.17. The summed E-state index contributed by atoms with van der Waals surface area (Å²) in [4.78, 5) is 18.4. The van der Waals surface area contributed by atoms with Gasteiger partial charge in [-0.3, -0.25) is 9.79 Å². The number of ether oxygens (including phenoxy) is 1. The molecule has 2 aliphatic rings. The Bertz CT molecular complexity index is 1180. The number of nitrogens with one attached hydrogen (secondary N) is 1. The number of hydrogen-bond acceptors (Lipinski definition) is 6. The molecule has 0 saturated heterocycles. The van der Waals surface area contributed by atoms with E-state index >= 15 is 0 Å². The van der Waals surface area contributed by atoms with Crippen molar-refractivity contribution < 1.29 is 17.9 Å². The third kappa shape index (κ3) is 6.34. The Morgan fingerprint density at radius 2 is 1.83 bits per heavy atom. The quantitative estimate of drug-likeness (QED) is 0.443. The van der Waals surface area contributed by atoms with Crippen LogP contribution in [0.25, 0.3) is 0 Å². The number of halogens is 2. The maximum absolute atomic E-state index is 13.2. The van der Waals surface area contributed by atoms with Crippen LogP contribution in [0.15, 0.2) is 52.4 Å². The van der Waals surface area contributed by atoms with Crippen molar-refractivity contribution >= 4 is 45.0 Å². The summed E-state index contributed by atoms with van der Waals surface area (Å²) < 4.78 is 33.4. The Labute approximate surface area is 215 Å². The van der Waals surface area contributed by atoms with Gasteiger partial charge in [-0.1, -0.05) is 53.5 Å². The van der Waals surface area contributed by atoms with Gasteiger partial charge in [-0.15, -0.1) is 0 Å². The van der Waals surface area contributed by atoms with E-state index in [1.165, 1.54) is 16.4 Å². The number of carbonyl (C=O) groups is 1. The minimum absolute atomic E-state index is 0.0845. The van der Waals surface area contributed by atoms with E-state index in [1.54, 1.807) is 18.0 Å². The van der Waals surface area contributed by atoms with Gasteiger partial charge >= 0.3 is 0 Å². The fourth-order valence-corrected chi connectivity index (χ4v) is 6.62. The van der Waals surface area contributed by atoms with Crippen LogP contribution in [0.5, 0.6) is 0 Å². The standard InChI is InChI=1S/C24H28Cl2N4O4S/c1-29(15-17-5-7-18(8-6-17)24-27-11-12-28-24)22(31)16-34-14-13-30(19-9-10-19)35(32,33)23-20(25)3-2-4-21(23)26/h2-8,19H,9-16H2,1H3,(H,27,28). The van der Waals surface area contributed by atoms with Gasteiger partial charge in [-0.25, -0.2) is 8.42 Å². The van der Waals surface area contributed by atoms with Crippen LogP contribution in [0.4, 0.5) is 0 Å². The largest absolute Gasteiger partial charge is 0.370 e. The molecule has 11 heteroatoms. The second kappa shape index (κ2) is 11.3. The van der Waals surface area contributed by atoms with Crippen molar-refractivity contribution in [2.75, 3.05) is 39.9 Å². The van der Waals surface area contributed by atoms with Crippen LogP contribution in [0.1, 0.15) is 24.0 Å². The average molecular weight is 539 g/mol. The molecule has 0 radical (unpaired) electrons. The van der Waals surface area contributed by atoms with Crippen molar-refractivity contribution in [3.63, 3.8) is 0 Å². The van der Waals surface area contributed by atoms with Crippen LogP contribution in [0.3, 0.4) is 0 Å². The first-order valence-corrected chi connectivity index (χ1v) is 13.6. The lowest BCUT2D eigenvalue weighted by Crippen LogP contribution is -2.37. The lowest BCUT2D eigenvalue weighted by molar-refractivity contribution is -0.135. The van der Waals surface area contributed by atoms with Crippen molar-refractivity contribution in [3.8, 4) is 0 Å². The summed E-state index contributed by atoms with van der Waals surface area (Å²) in [5, 5.41) is 3.41. The number of amidine groups is 1. The summed E-state index contributed by atoms with van der Waals surface area (Å²) in [7, 11) is -2.17. The summed E-state index contributed by atoms with van der Waals surface area (Å²) in [5.41, 5.74) is 2.02. The predicted molar refractivity (Wildman–Crippen MR) is 137 cm³/mol. The summed E-state index contributed by atoms with van der Waals surface area (Å²) in [6.45, 7) is 2.14. The van der Waals surface area contributed by atoms with Crippen molar-refractivity contribution in [2.24, 2.45) is 4.99 Å². The summed E-state index contributed by atoms with van der Waals surface area (Å²) >= 11 is 12.3. The van der Waals surface area contributed by atoms with Crippen LogP contribution in [-0.2, 0) is 26.1 Å². The van der Waals surface area contributed by atoms with E-state index in [0.717, 1.165) is 42.9 Å². The van der Waals surface area contributed by atoms with Crippen LogP contribution < -0.4 is 5.32 Å². The van der Waals surface area contributed by atoms with E-state index in [-0.39, 0.29) is 46.6 Å². The molecule has 188 valence electrons. The second-order valence-corrected chi connectivity index (χ2v) is 11.2. The maximum atomic E-state index is 13.2. The van der Waals surface area contributed by atoms with Crippen LogP contribution >= 0.6 is 23.2 Å². The fourth-order valence-electron chi connectivity index (χ4n) is 3.85. The number of nitrogens with zero attached hydrogens (tertiary/aromatic N) is 3. The van der Waals surface area contributed by atoms with Gasteiger partial charge in [0.2, 0.25) is 15.9 Å². The molecule has 0 unspecified atom stereocenters.